The van der Waals surface area contributed by atoms with Gasteiger partial charge in [-0.2, -0.15) is 0 Å². The van der Waals surface area contributed by atoms with Crippen molar-refractivity contribution in [3.05, 3.63) is 58.4 Å². The van der Waals surface area contributed by atoms with Gasteiger partial charge in [-0.15, -0.1) is 0 Å². The molecule has 0 radical (unpaired) electrons. The maximum absolute atomic E-state index is 12.1. The van der Waals surface area contributed by atoms with E-state index in [1.54, 1.807) is 0 Å². The number of aromatic amines is 1. The van der Waals surface area contributed by atoms with Crippen molar-refractivity contribution in [2.24, 2.45) is 0 Å². The lowest BCUT2D eigenvalue weighted by atomic mass is 10.0. The second kappa shape index (κ2) is 5.76. The summed E-state index contributed by atoms with van der Waals surface area (Å²) in [4.78, 5) is 26.4. The number of allylic oxidation sites excluding steroid dienone is 1. The normalized spacial score (nSPS) is 14.9. The molecule has 0 saturated carbocycles. The molecule has 0 bridgehead atoms. The van der Waals surface area contributed by atoms with E-state index in [9.17, 15) is 14.7 Å². The minimum Gasteiger partial charge on any atom is -0.477 e. The quantitative estimate of drug-likeness (QED) is 0.759. The lowest BCUT2D eigenvalue weighted by Gasteiger charge is -2.01. The van der Waals surface area contributed by atoms with Crippen LogP contribution in [0.2, 0.25) is 0 Å². The fraction of sp³-hybridized carbons (Fsp3) is 0.222. The van der Waals surface area contributed by atoms with Crippen LogP contribution in [0.3, 0.4) is 0 Å². The van der Waals surface area contributed by atoms with Crippen LogP contribution in [0, 0.1) is 6.92 Å². The first-order valence-electron chi connectivity index (χ1n) is 7.57. The first kappa shape index (κ1) is 15.1. The monoisotopic (exact) mass is 310 g/mol. The number of hydrogen-bond acceptors (Lipinski definition) is 2. The summed E-state index contributed by atoms with van der Waals surface area (Å²) in [6.45, 7) is 3.81. The van der Waals surface area contributed by atoms with E-state index in [4.69, 9.17) is 0 Å². The Bertz CT molecular complexity index is 831. The van der Waals surface area contributed by atoms with E-state index < -0.39 is 5.97 Å². The zero-order chi connectivity index (χ0) is 16.6. The van der Waals surface area contributed by atoms with Crippen LogP contribution in [-0.4, -0.2) is 22.0 Å². The predicted octanol–water partition coefficient (Wildman–Crippen LogP) is 3.16. The van der Waals surface area contributed by atoms with Crippen LogP contribution in [0.4, 0.5) is 5.69 Å². The van der Waals surface area contributed by atoms with Gasteiger partial charge in [0.15, 0.2) is 0 Å². The van der Waals surface area contributed by atoms with Crippen molar-refractivity contribution in [3.63, 3.8) is 0 Å². The topological polar surface area (TPSA) is 82.2 Å². The van der Waals surface area contributed by atoms with Crippen LogP contribution in [0.15, 0.2) is 30.3 Å². The van der Waals surface area contributed by atoms with Crippen LogP contribution in [-0.2, 0) is 17.6 Å². The number of carbonyl (C=O) groups is 2. The molecular formula is C18H18N2O3. The summed E-state index contributed by atoms with van der Waals surface area (Å²) in [6.07, 6.45) is 3.10. The summed E-state index contributed by atoms with van der Waals surface area (Å²) in [5, 5.41) is 12.1. The van der Waals surface area contributed by atoms with Gasteiger partial charge in [0.2, 0.25) is 0 Å². The molecule has 1 amide bonds. The van der Waals surface area contributed by atoms with E-state index in [-0.39, 0.29) is 11.6 Å². The van der Waals surface area contributed by atoms with E-state index in [1.807, 2.05) is 44.2 Å². The van der Waals surface area contributed by atoms with Gasteiger partial charge in [-0.1, -0.05) is 31.2 Å². The third-order valence-corrected chi connectivity index (χ3v) is 4.26. The maximum Gasteiger partial charge on any atom is 0.352 e. The predicted molar refractivity (Wildman–Crippen MR) is 88.6 cm³/mol. The molecule has 0 atom stereocenters. The van der Waals surface area contributed by atoms with Crippen LogP contribution in [0.25, 0.3) is 5.57 Å². The summed E-state index contributed by atoms with van der Waals surface area (Å²) >= 11 is 0. The number of aromatic nitrogens is 1. The molecule has 3 rings (SSSR count). The van der Waals surface area contributed by atoms with Crippen molar-refractivity contribution in [2.45, 2.75) is 26.7 Å². The van der Waals surface area contributed by atoms with Crippen molar-refractivity contribution >= 4 is 23.1 Å². The molecule has 3 N–H and O–H groups in total. The first-order valence-corrected chi connectivity index (χ1v) is 7.57. The van der Waals surface area contributed by atoms with Gasteiger partial charge in [0.05, 0.1) is 0 Å². The third kappa shape index (κ3) is 2.54. The number of carboxylic acids is 1. The molecule has 5 nitrogen and oxygen atoms in total. The number of nitrogens with one attached hydrogen (secondary N) is 2. The average Bonchev–Trinajstić information content (AvgIpc) is 3.01. The molecular weight excluding hydrogens is 292 g/mol. The number of amides is 1. The van der Waals surface area contributed by atoms with E-state index in [0.717, 1.165) is 34.5 Å². The molecule has 5 heteroatoms. The fourth-order valence-corrected chi connectivity index (χ4v) is 3.11. The molecule has 0 fully saturated rings. The lowest BCUT2D eigenvalue weighted by molar-refractivity contribution is -0.110. The van der Waals surface area contributed by atoms with Gasteiger partial charge >= 0.3 is 5.97 Å². The molecule has 2 heterocycles. The molecule has 1 aromatic carbocycles. The smallest absolute Gasteiger partial charge is 0.352 e. The Morgan fingerprint density at radius 2 is 2.04 bits per heavy atom. The van der Waals surface area contributed by atoms with Crippen molar-refractivity contribution in [1.82, 2.24) is 4.98 Å². The van der Waals surface area contributed by atoms with Crippen molar-refractivity contribution in [1.29, 1.82) is 0 Å². The fourth-order valence-electron chi connectivity index (χ4n) is 3.11. The molecule has 0 saturated heterocycles. The van der Waals surface area contributed by atoms with Crippen molar-refractivity contribution in [3.8, 4) is 0 Å². The van der Waals surface area contributed by atoms with Gasteiger partial charge in [-0.05, 0) is 30.5 Å². The number of carboxylic acid groups (broad SMARTS) is 1. The van der Waals surface area contributed by atoms with Crippen LogP contribution < -0.4 is 5.32 Å². The Morgan fingerprint density at radius 3 is 2.74 bits per heavy atom. The number of anilines is 1. The van der Waals surface area contributed by atoms with Crippen LogP contribution in [0.5, 0.6) is 0 Å². The molecule has 1 aromatic heterocycles. The molecule has 1 aliphatic rings. The van der Waals surface area contributed by atoms with Crippen molar-refractivity contribution in [2.75, 3.05) is 5.32 Å². The second-order valence-electron chi connectivity index (χ2n) is 5.56. The highest BCUT2D eigenvalue weighted by molar-refractivity contribution is 6.31. The van der Waals surface area contributed by atoms with Gasteiger partial charge in [-0.25, -0.2) is 4.79 Å². The lowest BCUT2D eigenvalue weighted by Crippen LogP contribution is -2.04. The summed E-state index contributed by atoms with van der Waals surface area (Å²) in [5.74, 6) is -1.08. The average molecular weight is 310 g/mol. The van der Waals surface area contributed by atoms with Crippen molar-refractivity contribution < 1.29 is 14.7 Å². The first-order chi connectivity index (χ1) is 11.0. The summed E-state index contributed by atoms with van der Waals surface area (Å²) in [6, 6.07) is 7.55. The number of rotatable bonds is 4. The maximum atomic E-state index is 12.1. The Balaban J connectivity index is 1.96. The Morgan fingerprint density at radius 1 is 1.30 bits per heavy atom. The van der Waals surface area contributed by atoms with E-state index in [1.165, 1.54) is 0 Å². The highest BCUT2D eigenvalue weighted by Gasteiger charge is 2.23. The highest BCUT2D eigenvalue weighted by atomic mass is 16.4. The largest absolute Gasteiger partial charge is 0.477 e. The molecule has 118 valence electrons. The highest BCUT2D eigenvalue weighted by Crippen LogP contribution is 2.31. The number of benzene rings is 1. The molecule has 0 spiro atoms. The second-order valence-corrected chi connectivity index (χ2v) is 5.56. The number of hydrogen-bond donors (Lipinski definition) is 3. The van der Waals surface area contributed by atoms with E-state index in [2.05, 4.69) is 10.3 Å². The van der Waals surface area contributed by atoms with Gasteiger partial charge < -0.3 is 15.4 Å². The number of H-pyrrole nitrogens is 1. The Kier molecular flexibility index (Phi) is 3.78. The molecule has 1 aliphatic heterocycles. The summed E-state index contributed by atoms with van der Waals surface area (Å²) in [7, 11) is 0. The molecule has 23 heavy (non-hydrogen) atoms. The van der Waals surface area contributed by atoms with Gasteiger partial charge in [0.25, 0.3) is 5.91 Å². The Hall–Kier alpha value is -2.82. The zero-order valence-corrected chi connectivity index (χ0v) is 13.1. The van der Waals surface area contributed by atoms with E-state index in [0.29, 0.717) is 12.0 Å². The summed E-state index contributed by atoms with van der Waals surface area (Å²) in [5.41, 5.74) is 5.19. The standard InChI is InChI=1S/C18H18N2O3/c1-3-11-10(2)16(18(22)23)19-15(11)9-8-13-12-6-4-5-7-14(12)20-17(13)21/h4-8,19H,3,9H2,1-2H3,(H,20,21)(H,22,23). The number of fused-ring (bicyclic) bond motifs is 1. The molecule has 2 aromatic rings. The van der Waals surface area contributed by atoms with Gasteiger partial charge in [0.1, 0.15) is 5.69 Å². The zero-order valence-electron chi connectivity index (χ0n) is 13.1. The molecule has 0 aliphatic carbocycles. The molecule has 0 unspecified atom stereocenters. The minimum atomic E-state index is -0.958. The number of carbonyl (C=O) groups excluding carboxylic acids is 1. The minimum absolute atomic E-state index is 0.119. The SMILES string of the molecule is CCc1c(CC=C2C(=O)Nc3ccccc32)[nH]c(C(=O)O)c1C. The van der Waals surface area contributed by atoms with Gasteiger partial charge in [0, 0.05) is 28.9 Å². The number of para-hydroxylation sites is 1. The summed E-state index contributed by atoms with van der Waals surface area (Å²) < 4.78 is 0. The Labute approximate surface area is 134 Å². The van der Waals surface area contributed by atoms with Crippen LogP contribution in [0.1, 0.15) is 39.8 Å². The van der Waals surface area contributed by atoms with Crippen LogP contribution >= 0.6 is 0 Å². The third-order valence-electron chi connectivity index (χ3n) is 4.26. The van der Waals surface area contributed by atoms with E-state index >= 15 is 0 Å². The number of aromatic carboxylic acids is 1. The van der Waals surface area contributed by atoms with Gasteiger partial charge in [-0.3, -0.25) is 4.79 Å².